The van der Waals surface area contributed by atoms with Gasteiger partial charge in [-0.2, -0.15) is 0 Å². The van der Waals surface area contributed by atoms with E-state index in [2.05, 4.69) is 16.6 Å². The Labute approximate surface area is 120 Å². The predicted molar refractivity (Wildman–Crippen MR) is 79.0 cm³/mol. The predicted octanol–water partition coefficient (Wildman–Crippen LogP) is 1.68. The highest BCUT2D eigenvalue weighted by Crippen LogP contribution is 2.11. The van der Waals surface area contributed by atoms with Crippen LogP contribution in [0.2, 0.25) is 0 Å². The van der Waals surface area contributed by atoms with Crippen LogP contribution in [0.3, 0.4) is 0 Å². The molecule has 0 aliphatic carbocycles. The summed E-state index contributed by atoms with van der Waals surface area (Å²) in [7, 11) is -3.53. The van der Waals surface area contributed by atoms with Crippen LogP contribution in [0.25, 0.3) is 0 Å². The van der Waals surface area contributed by atoms with Crippen LogP contribution in [0.5, 0.6) is 0 Å². The van der Waals surface area contributed by atoms with E-state index in [1.165, 1.54) is 24.3 Å². The fraction of sp³-hybridized carbons (Fsp3) is 0.357. The molecule has 1 aromatic carbocycles. The van der Waals surface area contributed by atoms with Gasteiger partial charge in [0.25, 0.3) is 5.91 Å². The van der Waals surface area contributed by atoms with Crippen LogP contribution in [-0.4, -0.2) is 26.9 Å². The third-order valence-electron chi connectivity index (χ3n) is 2.80. The van der Waals surface area contributed by atoms with E-state index in [9.17, 15) is 13.2 Å². The third kappa shape index (κ3) is 4.47. The number of benzene rings is 1. The number of hydrogen-bond donors (Lipinski definition) is 2. The standard InChI is InChI=1S/C14H20N2O3S/c1-4-10-15-14(17)12-6-8-13(9-7-12)20(18,19)16-11(3)5-2/h4,6-9,11,16H,1,5,10H2,2-3H3,(H,15,17)/t11-/m0/s1. The molecule has 0 saturated carbocycles. The molecule has 1 atom stereocenters. The Morgan fingerprint density at radius 3 is 2.45 bits per heavy atom. The van der Waals surface area contributed by atoms with E-state index in [4.69, 9.17) is 0 Å². The van der Waals surface area contributed by atoms with Crippen molar-refractivity contribution in [2.24, 2.45) is 0 Å². The molecule has 0 radical (unpaired) electrons. The SMILES string of the molecule is C=CCNC(=O)c1ccc(S(=O)(=O)N[C@@H](C)CC)cc1. The molecular formula is C14H20N2O3S. The minimum atomic E-state index is -3.53. The van der Waals surface area contributed by atoms with E-state index in [-0.39, 0.29) is 16.8 Å². The molecule has 0 fully saturated rings. The molecule has 2 N–H and O–H groups in total. The van der Waals surface area contributed by atoms with Crippen LogP contribution in [-0.2, 0) is 10.0 Å². The topological polar surface area (TPSA) is 75.3 Å². The van der Waals surface area contributed by atoms with Gasteiger partial charge in [0.05, 0.1) is 4.90 Å². The minimum absolute atomic E-state index is 0.129. The average molecular weight is 296 g/mol. The van der Waals surface area contributed by atoms with E-state index in [1.54, 1.807) is 13.0 Å². The van der Waals surface area contributed by atoms with Gasteiger partial charge in [-0.25, -0.2) is 13.1 Å². The molecule has 1 aromatic rings. The quantitative estimate of drug-likeness (QED) is 0.752. The zero-order valence-electron chi connectivity index (χ0n) is 11.7. The summed E-state index contributed by atoms with van der Waals surface area (Å²) in [6.45, 7) is 7.58. The second kappa shape index (κ2) is 7.21. The molecule has 0 aliphatic rings. The van der Waals surface area contributed by atoms with Crippen molar-refractivity contribution < 1.29 is 13.2 Å². The van der Waals surface area contributed by atoms with Crippen molar-refractivity contribution in [2.45, 2.75) is 31.2 Å². The number of carbonyl (C=O) groups excluding carboxylic acids is 1. The number of sulfonamides is 1. The Hall–Kier alpha value is -1.66. The molecule has 0 heterocycles. The van der Waals surface area contributed by atoms with Gasteiger partial charge in [-0.1, -0.05) is 13.0 Å². The first-order valence-corrected chi connectivity index (χ1v) is 7.90. The largest absolute Gasteiger partial charge is 0.349 e. The molecule has 0 aliphatic heterocycles. The summed E-state index contributed by atoms with van der Waals surface area (Å²) in [5.41, 5.74) is 0.411. The highest BCUT2D eigenvalue weighted by Gasteiger charge is 2.16. The normalized spacial score (nSPS) is 12.7. The number of carbonyl (C=O) groups is 1. The fourth-order valence-corrected chi connectivity index (χ4v) is 2.80. The molecule has 5 nitrogen and oxygen atoms in total. The van der Waals surface area contributed by atoms with Gasteiger partial charge in [-0.15, -0.1) is 6.58 Å². The van der Waals surface area contributed by atoms with Gasteiger partial charge in [-0.3, -0.25) is 4.79 Å². The maximum atomic E-state index is 12.0. The van der Waals surface area contributed by atoms with Crippen molar-refractivity contribution in [1.29, 1.82) is 0 Å². The molecular weight excluding hydrogens is 276 g/mol. The first-order valence-electron chi connectivity index (χ1n) is 6.42. The second-order valence-electron chi connectivity index (χ2n) is 4.45. The van der Waals surface area contributed by atoms with Gasteiger partial charge in [-0.05, 0) is 37.6 Å². The molecule has 1 amide bonds. The van der Waals surface area contributed by atoms with Crippen molar-refractivity contribution >= 4 is 15.9 Å². The summed E-state index contributed by atoms with van der Waals surface area (Å²) in [4.78, 5) is 11.8. The van der Waals surface area contributed by atoms with Gasteiger partial charge >= 0.3 is 0 Å². The summed E-state index contributed by atoms with van der Waals surface area (Å²) >= 11 is 0. The molecule has 6 heteroatoms. The van der Waals surface area contributed by atoms with Crippen molar-refractivity contribution in [2.75, 3.05) is 6.54 Å². The van der Waals surface area contributed by atoms with Crippen LogP contribution >= 0.6 is 0 Å². The smallest absolute Gasteiger partial charge is 0.251 e. The van der Waals surface area contributed by atoms with E-state index in [0.717, 1.165) is 0 Å². The van der Waals surface area contributed by atoms with Crippen molar-refractivity contribution in [3.05, 3.63) is 42.5 Å². The van der Waals surface area contributed by atoms with Crippen LogP contribution in [0, 0.1) is 0 Å². The van der Waals surface area contributed by atoms with E-state index >= 15 is 0 Å². The lowest BCUT2D eigenvalue weighted by atomic mass is 10.2. The van der Waals surface area contributed by atoms with E-state index in [0.29, 0.717) is 18.5 Å². The highest BCUT2D eigenvalue weighted by molar-refractivity contribution is 7.89. The van der Waals surface area contributed by atoms with Gasteiger partial charge in [0.1, 0.15) is 0 Å². The van der Waals surface area contributed by atoms with Crippen LogP contribution in [0.4, 0.5) is 0 Å². The van der Waals surface area contributed by atoms with E-state index in [1.807, 2.05) is 6.92 Å². The molecule has 0 bridgehead atoms. The zero-order valence-corrected chi connectivity index (χ0v) is 12.5. The monoisotopic (exact) mass is 296 g/mol. The first kappa shape index (κ1) is 16.4. The summed E-state index contributed by atoms with van der Waals surface area (Å²) in [6.07, 6.45) is 2.29. The molecule has 0 saturated heterocycles. The Morgan fingerprint density at radius 1 is 1.35 bits per heavy atom. The average Bonchev–Trinajstić information content (AvgIpc) is 2.44. The maximum absolute atomic E-state index is 12.0. The second-order valence-corrected chi connectivity index (χ2v) is 6.17. The minimum Gasteiger partial charge on any atom is -0.349 e. The maximum Gasteiger partial charge on any atom is 0.251 e. The molecule has 1 rings (SSSR count). The summed E-state index contributed by atoms with van der Waals surface area (Å²) < 4.78 is 26.6. The van der Waals surface area contributed by atoms with Gasteiger partial charge in [0, 0.05) is 18.2 Å². The van der Waals surface area contributed by atoms with Crippen LogP contribution in [0.1, 0.15) is 30.6 Å². The molecule has 0 spiro atoms. The van der Waals surface area contributed by atoms with Gasteiger partial charge in [0.2, 0.25) is 10.0 Å². The summed E-state index contributed by atoms with van der Waals surface area (Å²) in [5.74, 6) is -0.260. The Morgan fingerprint density at radius 2 is 1.95 bits per heavy atom. The van der Waals surface area contributed by atoms with Crippen LogP contribution in [0.15, 0.2) is 41.8 Å². The third-order valence-corrected chi connectivity index (χ3v) is 4.41. The van der Waals surface area contributed by atoms with Crippen LogP contribution < -0.4 is 10.0 Å². The first-order chi connectivity index (χ1) is 9.40. The number of rotatable bonds is 7. The fourth-order valence-electron chi connectivity index (χ4n) is 1.47. The van der Waals surface area contributed by atoms with Gasteiger partial charge < -0.3 is 5.32 Å². The molecule has 20 heavy (non-hydrogen) atoms. The lowest BCUT2D eigenvalue weighted by Crippen LogP contribution is -2.32. The zero-order chi connectivity index (χ0) is 15.2. The number of nitrogens with one attached hydrogen (secondary N) is 2. The molecule has 0 unspecified atom stereocenters. The molecule has 110 valence electrons. The Bertz CT molecular complexity index is 565. The summed E-state index contributed by atoms with van der Waals surface area (Å²) in [6, 6.07) is 5.70. The lowest BCUT2D eigenvalue weighted by molar-refractivity contribution is 0.0958. The molecule has 0 aromatic heterocycles. The van der Waals surface area contributed by atoms with Crippen molar-refractivity contribution in [3.63, 3.8) is 0 Å². The van der Waals surface area contributed by atoms with E-state index < -0.39 is 10.0 Å². The Balaban J connectivity index is 2.85. The lowest BCUT2D eigenvalue weighted by Gasteiger charge is -2.12. The summed E-state index contributed by atoms with van der Waals surface area (Å²) in [5, 5.41) is 2.63. The van der Waals surface area contributed by atoms with Crippen molar-refractivity contribution in [3.8, 4) is 0 Å². The number of hydrogen-bond acceptors (Lipinski definition) is 3. The van der Waals surface area contributed by atoms with Crippen molar-refractivity contribution in [1.82, 2.24) is 10.0 Å². The van der Waals surface area contributed by atoms with Gasteiger partial charge in [0.15, 0.2) is 0 Å². The Kier molecular flexibility index (Phi) is 5.91. The highest BCUT2D eigenvalue weighted by atomic mass is 32.2. The number of amides is 1.